The highest BCUT2D eigenvalue weighted by atomic mass is 16.5. The van der Waals surface area contributed by atoms with Gasteiger partial charge in [0.25, 0.3) is 0 Å². The molecule has 15 heavy (non-hydrogen) atoms. The number of nitrogens with zero attached hydrogens (tertiary/aromatic N) is 2. The average molecular weight is 204 g/mol. The molecule has 4 nitrogen and oxygen atoms in total. The second-order valence-electron chi connectivity index (χ2n) is 3.45. The highest BCUT2D eigenvalue weighted by molar-refractivity contribution is 5.55. The van der Waals surface area contributed by atoms with Crippen molar-refractivity contribution in [2.75, 3.05) is 7.05 Å². The number of aryl methyl sites for hydroxylation is 1. The number of rotatable bonds is 3. The van der Waals surface area contributed by atoms with Gasteiger partial charge in [0.2, 0.25) is 11.7 Å². The number of quaternary nitrogens is 1. The van der Waals surface area contributed by atoms with Crippen molar-refractivity contribution in [3.63, 3.8) is 0 Å². The zero-order chi connectivity index (χ0) is 10.7. The fourth-order valence-electron chi connectivity index (χ4n) is 1.49. The molecule has 1 aromatic carbocycles. The van der Waals surface area contributed by atoms with Crippen molar-refractivity contribution >= 4 is 0 Å². The molecule has 2 rings (SSSR count). The summed E-state index contributed by atoms with van der Waals surface area (Å²) in [4.78, 5) is 4.19. The van der Waals surface area contributed by atoms with E-state index in [1.54, 1.807) is 6.92 Å². The van der Waals surface area contributed by atoms with Gasteiger partial charge in [-0.1, -0.05) is 23.4 Å². The molecule has 0 saturated heterocycles. The zero-order valence-electron chi connectivity index (χ0n) is 8.90. The highest BCUT2D eigenvalue weighted by Crippen LogP contribution is 2.16. The Bertz CT molecular complexity index is 451. The third-order valence-electron chi connectivity index (χ3n) is 2.15. The molecule has 2 aromatic rings. The topological polar surface area (TPSA) is 55.5 Å². The van der Waals surface area contributed by atoms with Gasteiger partial charge in [-0.05, 0) is 6.07 Å². The Hall–Kier alpha value is -1.68. The van der Waals surface area contributed by atoms with Gasteiger partial charge >= 0.3 is 0 Å². The summed E-state index contributed by atoms with van der Waals surface area (Å²) < 4.78 is 4.95. The van der Waals surface area contributed by atoms with Gasteiger partial charge in [0, 0.05) is 18.1 Å². The van der Waals surface area contributed by atoms with E-state index in [1.165, 1.54) is 5.56 Å². The molecule has 0 radical (unpaired) electrons. The Balaban J connectivity index is 2.32. The number of hydrogen-bond donors (Lipinski definition) is 1. The predicted octanol–water partition coefficient (Wildman–Crippen LogP) is 0.738. The summed E-state index contributed by atoms with van der Waals surface area (Å²) in [5.41, 5.74) is 2.27. The third kappa shape index (κ3) is 2.22. The lowest BCUT2D eigenvalue weighted by Crippen LogP contribution is -2.77. The van der Waals surface area contributed by atoms with E-state index in [0.29, 0.717) is 11.7 Å². The first kappa shape index (κ1) is 9.86. The normalized spacial score (nSPS) is 10.5. The van der Waals surface area contributed by atoms with E-state index < -0.39 is 0 Å². The Morgan fingerprint density at radius 2 is 2.27 bits per heavy atom. The summed E-state index contributed by atoms with van der Waals surface area (Å²) in [5.74, 6) is 1.25. The van der Waals surface area contributed by atoms with Gasteiger partial charge in [-0.2, -0.15) is 4.98 Å². The standard InChI is InChI=1S/C11H13N3O/c1-8-13-11(14-15-8)10-5-3-4-9(6-10)7-12-2/h3-6,12H,7H2,1-2H3/p+1. The molecular weight excluding hydrogens is 190 g/mol. The van der Waals surface area contributed by atoms with Gasteiger partial charge in [0.05, 0.1) is 7.05 Å². The van der Waals surface area contributed by atoms with E-state index in [2.05, 4.69) is 27.6 Å². The Labute approximate surface area is 88.3 Å². The summed E-state index contributed by atoms with van der Waals surface area (Å²) in [5, 5.41) is 6.02. The van der Waals surface area contributed by atoms with Crippen LogP contribution in [0.25, 0.3) is 11.4 Å². The maximum Gasteiger partial charge on any atom is 0.223 e. The number of benzene rings is 1. The minimum atomic E-state index is 0.595. The first-order valence-electron chi connectivity index (χ1n) is 4.97. The minimum absolute atomic E-state index is 0.595. The molecule has 4 heteroatoms. The molecule has 0 aliphatic heterocycles. The van der Waals surface area contributed by atoms with Crippen molar-refractivity contribution in [1.29, 1.82) is 0 Å². The van der Waals surface area contributed by atoms with E-state index in [9.17, 15) is 0 Å². The van der Waals surface area contributed by atoms with Crippen molar-refractivity contribution in [2.45, 2.75) is 13.5 Å². The molecule has 0 amide bonds. The first-order chi connectivity index (χ1) is 7.29. The van der Waals surface area contributed by atoms with Crippen LogP contribution in [0, 0.1) is 6.92 Å². The number of aromatic nitrogens is 2. The summed E-state index contributed by atoms with van der Waals surface area (Å²) in [7, 11) is 2.05. The molecule has 1 aromatic heterocycles. The first-order valence-corrected chi connectivity index (χ1v) is 4.97. The summed E-state index contributed by atoms with van der Waals surface area (Å²) in [6.45, 7) is 2.75. The van der Waals surface area contributed by atoms with E-state index >= 15 is 0 Å². The van der Waals surface area contributed by atoms with Crippen LogP contribution in [0.5, 0.6) is 0 Å². The van der Waals surface area contributed by atoms with E-state index in [0.717, 1.165) is 12.1 Å². The molecule has 78 valence electrons. The van der Waals surface area contributed by atoms with E-state index in [1.807, 2.05) is 19.2 Å². The van der Waals surface area contributed by atoms with Crippen LogP contribution in [-0.2, 0) is 6.54 Å². The van der Waals surface area contributed by atoms with Crippen LogP contribution in [0.15, 0.2) is 28.8 Å². The van der Waals surface area contributed by atoms with Crippen molar-refractivity contribution in [2.24, 2.45) is 0 Å². The van der Waals surface area contributed by atoms with Gasteiger partial charge in [0.1, 0.15) is 6.54 Å². The summed E-state index contributed by atoms with van der Waals surface area (Å²) in [6, 6.07) is 8.18. The van der Waals surface area contributed by atoms with Gasteiger partial charge in [0.15, 0.2) is 0 Å². The fraction of sp³-hybridized carbons (Fsp3) is 0.273. The van der Waals surface area contributed by atoms with Gasteiger partial charge in [-0.3, -0.25) is 0 Å². The van der Waals surface area contributed by atoms with Crippen molar-refractivity contribution < 1.29 is 9.84 Å². The summed E-state index contributed by atoms with van der Waals surface area (Å²) in [6.07, 6.45) is 0. The number of hydrogen-bond acceptors (Lipinski definition) is 3. The molecule has 0 atom stereocenters. The lowest BCUT2D eigenvalue weighted by Gasteiger charge is -1.99. The van der Waals surface area contributed by atoms with Crippen LogP contribution in [-0.4, -0.2) is 17.2 Å². The van der Waals surface area contributed by atoms with Gasteiger partial charge in [-0.15, -0.1) is 0 Å². The molecule has 0 aliphatic carbocycles. The smallest absolute Gasteiger partial charge is 0.223 e. The molecule has 0 bridgehead atoms. The molecule has 0 fully saturated rings. The Kier molecular flexibility index (Phi) is 2.78. The lowest BCUT2D eigenvalue weighted by molar-refractivity contribution is -0.643. The van der Waals surface area contributed by atoms with Gasteiger partial charge in [-0.25, -0.2) is 0 Å². The maximum absolute atomic E-state index is 4.95. The van der Waals surface area contributed by atoms with Crippen LogP contribution in [0.2, 0.25) is 0 Å². The van der Waals surface area contributed by atoms with E-state index in [-0.39, 0.29) is 0 Å². The molecule has 1 heterocycles. The van der Waals surface area contributed by atoms with E-state index in [4.69, 9.17) is 4.52 Å². The van der Waals surface area contributed by atoms with Crippen LogP contribution < -0.4 is 5.32 Å². The highest BCUT2D eigenvalue weighted by Gasteiger charge is 2.05. The van der Waals surface area contributed by atoms with Crippen LogP contribution >= 0.6 is 0 Å². The lowest BCUT2D eigenvalue weighted by atomic mass is 10.1. The SMILES string of the molecule is C[NH2+]Cc1cccc(-c2noc(C)n2)c1. The zero-order valence-corrected chi connectivity index (χ0v) is 8.90. The van der Waals surface area contributed by atoms with Crippen molar-refractivity contribution in [3.8, 4) is 11.4 Å². The number of nitrogens with two attached hydrogens (primary N) is 1. The Morgan fingerprint density at radius 1 is 1.40 bits per heavy atom. The van der Waals surface area contributed by atoms with Crippen molar-refractivity contribution in [3.05, 3.63) is 35.7 Å². The van der Waals surface area contributed by atoms with Crippen LogP contribution in [0.4, 0.5) is 0 Å². The minimum Gasteiger partial charge on any atom is -0.345 e. The maximum atomic E-state index is 4.95. The van der Waals surface area contributed by atoms with Gasteiger partial charge < -0.3 is 9.84 Å². The van der Waals surface area contributed by atoms with Crippen LogP contribution in [0.3, 0.4) is 0 Å². The monoisotopic (exact) mass is 204 g/mol. The largest absolute Gasteiger partial charge is 0.345 e. The van der Waals surface area contributed by atoms with Crippen LogP contribution in [0.1, 0.15) is 11.5 Å². The second-order valence-corrected chi connectivity index (χ2v) is 3.45. The molecule has 0 spiro atoms. The molecule has 0 aliphatic rings. The molecule has 0 saturated carbocycles. The summed E-state index contributed by atoms with van der Waals surface area (Å²) >= 11 is 0. The Morgan fingerprint density at radius 3 is 2.93 bits per heavy atom. The van der Waals surface area contributed by atoms with Crippen molar-refractivity contribution in [1.82, 2.24) is 10.1 Å². The molecular formula is C11H14N3O+. The molecule has 2 N–H and O–H groups in total. The second kappa shape index (κ2) is 4.23. The fourth-order valence-corrected chi connectivity index (χ4v) is 1.49. The molecule has 0 unspecified atom stereocenters. The third-order valence-corrected chi connectivity index (χ3v) is 2.15. The predicted molar refractivity (Wildman–Crippen MR) is 56.0 cm³/mol. The quantitative estimate of drug-likeness (QED) is 0.802. The average Bonchev–Trinajstić information content (AvgIpc) is 2.66.